The molecule has 20 heavy (non-hydrogen) atoms. The number of carbonyl (C=O) groups is 1. The Morgan fingerprint density at radius 3 is 2.35 bits per heavy atom. The molecule has 0 saturated carbocycles. The molecular weight excluding hydrogens is 256 g/mol. The van der Waals surface area contributed by atoms with E-state index in [0.717, 1.165) is 5.69 Å². The molecule has 0 aliphatic carbocycles. The number of hydrogen-bond acceptors (Lipinski definition) is 4. The van der Waals surface area contributed by atoms with Gasteiger partial charge in [-0.05, 0) is 12.1 Å². The van der Waals surface area contributed by atoms with Crippen molar-refractivity contribution in [3.05, 3.63) is 70.3 Å². The van der Waals surface area contributed by atoms with Crippen molar-refractivity contribution in [1.29, 1.82) is 0 Å². The highest BCUT2D eigenvalue weighted by Gasteiger charge is 2.40. The van der Waals surface area contributed by atoms with Crippen LogP contribution in [0.2, 0.25) is 0 Å². The van der Waals surface area contributed by atoms with E-state index >= 15 is 0 Å². The van der Waals surface area contributed by atoms with Crippen LogP contribution in [0.4, 0.5) is 11.4 Å². The molecule has 2 aromatic carbocycles. The lowest BCUT2D eigenvalue weighted by Gasteiger charge is -2.05. The van der Waals surface area contributed by atoms with Crippen LogP contribution in [0.3, 0.4) is 0 Å². The van der Waals surface area contributed by atoms with E-state index in [1.54, 1.807) is 24.3 Å². The summed E-state index contributed by atoms with van der Waals surface area (Å²) in [5, 5.41) is 10.6. The topological polar surface area (TPSA) is 63.2 Å². The lowest BCUT2D eigenvalue weighted by molar-refractivity contribution is -0.384. The molecule has 3 rings (SSSR count). The van der Waals surface area contributed by atoms with Crippen molar-refractivity contribution in [3.8, 4) is 0 Å². The molecule has 0 spiro atoms. The first-order chi connectivity index (χ1) is 9.66. The predicted molar refractivity (Wildman–Crippen MR) is 75.0 cm³/mol. The lowest BCUT2D eigenvalue weighted by Crippen LogP contribution is -2.12. The number of non-ortho nitro benzene ring substituents is 1. The molecule has 0 aromatic heterocycles. The smallest absolute Gasteiger partial charge is 0.269 e. The zero-order valence-electron chi connectivity index (χ0n) is 10.6. The zero-order chi connectivity index (χ0) is 14.1. The molecule has 5 heteroatoms. The number of Topliss-reactive ketones (excluding diaryl/α,β-unsaturated/α-hetero) is 1. The summed E-state index contributed by atoms with van der Waals surface area (Å²) in [6.07, 6.45) is 0. The van der Waals surface area contributed by atoms with Crippen LogP contribution in [0.25, 0.3) is 0 Å². The molecule has 1 saturated heterocycles. The normalized spacial score (nSPS) is 16.8. The Morgan fingerprint density at radius 2 is 1.75 bits per heavy atom. The summed E-state index contributed by atoms with van der Waals surface area (Å²) in [5.41, 5.74) is 1.59. The highest BCUT2D eigenvalue weighted by Crippen LogP contribution is 2.31. The monoisotopic (exact) mass is 268 g/mol. The van der Waals surface area contributed by atoms with E-state index < -0.39 is 4.92 Å². The Morgan fingerprint density at radius 1 is 1.10 bits per heavy atom. The molecule has 5 nitrogen and oxygen atoms in total. The molecule has 0 amide bonds. The minimum absolute atomic E-state index is 0.0570. The molecular formula is C15H12N2O3. The van der Waals surface area contributed by atoms with Crippen LogP contribution in [-0.2, 0) is 0 Å². The third kappa shape index (κ3) is 2.25. The second kappa shape index (κ2) is 4.77. The number of nitrogens with zero attached hydrogens (tertiary/aromatic N) is 2. The van der Waals surface area contributed by atoms with Crippen LogP contribution in [0.1, 0.15) is 10.4 Å². The molecule has 0 radical (unpaired) electrons. The maximum absolute atomic E-state index is 12.2. The fraction of sp³-hybridized carbons (Fsp3) is 0.133. The van der Waals surface area contributed by atoms with Gasteiger partial charge in [-0.1, -0.05) is 30.3 Å². The highest BCUT2D eigenvalue weighted by atomic mass is 16.6. The average Bonchev–Trinajstić information content (AvgIpc) is 3.28. The molecule has 1 fully saturated rings. The Bertz CT molecular complexity index is 653. The molecule has 0 N–H and O–H groups in total. The third-order valence-electron chi connectivity index (χ3n) is 3.37. The minimum Gasteiger partial charge on any atom is -0.357 e. The van der Waals surface area contributed by atoms with E-state index in [1.165, 1.54) is 12.1 Å². The van der Waals surface area contributed by atoms with Crippen molar-refractivity contribution in [3.63, 3.8) is 0 Å². The molecule has 1 unspecified atom stereocenters. The van der Waals surface area contributed by atoms with Gasteiger partial charge in [0.2, 0.25) is 0 Å². The molecule has 1 atom stereocenters. The first-order valence-electron chi connectivity index (χ1n) is 6.27. The van der Waals surface area contributed by atoms with Gasteiger partial charge in [0.15, 0.2) is 5.78 Å². The van der Waals surface area contributed by atoms with Crippen molar-refractivity contribution in [2.24, 2.45) is 0 Å². The van der Waals surface area contributed by atoms with E-state index in [0.29, 0.717) is 12.1 Å². The van der Waals surface area contributed by atoms with Crippen LogP contribution >= 0.6 is 0 Å². The van der Waals surface area contributed by atoms with Gasteiger partial charge in [0.05, 0.1) is 4.92 Å². The first kappa shape index (κ1) is 12.3. The molecule has 100 valence electrons. The maximum Gasteiger partial charge on any atom is 0.269 e. The van der Waals surface area contributed by atoms with Gasteiger partial charge in [-0.3, -0.25) is 14.9 Å². The summed E-state index contributed by atoms with van der Waals surface area (Å²) in [4.78, 5) is 24.3. The number of ketones is 1. The van der Waals surface area contributed by atoms with E-state index in [4.69, 9.17) is 0 Å². The number of benzene rings is 2. The molecule has 1 aliphatic rings. The van der Waals surface area contributed by atoms with Gasteiger partial charge in [0.25, 0.3) is 5.69 Å². The molecule has 1 heterocycles. The highest BCUT2D eigenvalue weighted by molar-refractivity contribution is 6.05. The van der Waals surface area contributed by atoms with Gasteiger partial charge in [-0.2, -0.15) is 0 Å². The Hall–Kier alpha value is -2.69. The maximum atomic E-state index is 12.2. The zero-order valence-corrected chi connectivity index (χ0v) is 10.6. The fourth-order valence-corrected chi connectivity index (χ4v) is 2.21. The Balaban J connectivity index is 1.73. The molecule has 2 aromatic rings. The fourth-order valence-electron chi connectivity index (χ4n) is 2.21. The lowest BCUT2D eigenvalue weighted by atomic mass is 10.1. The Kier molecular flexibility index (Phi) is 2.95. The van der Waals surface area contributed by atoms with Crippen LogP contribution in [0.5, 0.6) is 0 Å². The van der Waals surface area contributed by atoms with Gasteiger partial charge < -0.3 is 4.90 Å². The van der Waals surface area contributed by atoms with Crippen molar-refractivity contribution in [2.75, 3.05) is 11.4 Å². The van der Waals surface area contributed by atoms with Gasteiger partial charge in [0, 0.05) is 29.9 Å². The first-order valence-corrected chi connectivity index (χ1v) is 6.27. The number of nitro benzene ring substituents is 1. The summed E-state index contributed by atoms with van der Waals surface area (Å²) < 4.78 is 0. The minimum atomic E-state index is -0.432. The number of carbonyl (C=O) groups excluding carboxylic acids is 1. The summed E-state index contributed by atoms with van der Waals surface area (Å²) in [6.45, 7) is 0.658. The van der Waals surface area contributed by atoms with Crippen molar-refractivity contribution < 1.29 is 9.72 Å². The van der Waals surface area contributed by atoms with Crippen LogP contribution in [0, 0.1) is 10.1 Å². The van der Waals surface area contributed by atoms with E-state index in [2.05, 4.69) is 0 Å². The number of rotatable bonds is 4. The van der Waals surface area contributed by atoms with Crippen molar-refractivity contribution in [2.45, 2.75) is 6.04 Å². The van der Waals surface area contributed by atoms with Gasteiger partial charge >= 0.3 is 0 Å². The summed E-state index contributed by atoms with van der Waals surface area (Å²) in [6, 6.07) is 15.3. The quantitative estimate of drug-likeness (QED) is 0.370. The van der Waals surface area contributed by atoms with Crippen LogP contribution < -0.4 is 4.90 Å². The summed E-state index contributed by atoms with van der Waals surface area (Å²) in [5.74, 6) is 0.0870. The van der Waals surface area contributed by atoms with E-state index in [1.807, 2.05) is 23.1 Å². The SMILES string of the molecule is O=C(c1ccccc1)C1CN1c1ccc([N+](=O)[O-])cc1. The molecule has 0 bridgehead atoms. The third-order valence-corrected chi connectivity index (χ3v) is 3.37. The average molecular weight is 268 g/mol. The second-order valence-corrected chi connectivity index (χ2v) is 4.67. The number of nitro groups is 1. The van der Waals surface area contributed by atoms with Gasteiger partial charge in [-0.15, -0.1) is 0 Å². The summed E-state index contributed by atoms with van der Waals surface area (Å²) in [7, 11) is 0. The van der Waals surface area contributed by atoms with Gasteiger partial charge in [0.1, 0.15) is 6.04 Å². The predicted octanol–water partition coefficient (Wildman–Crippen LogP) is 2.67. The Labute approximate surface area is 115 Å². The van der Waals surface area contributed by atoms with Crippen molar-refractivity contribution in [1.82, 2.24) is 0 Å². The van der Waals surface area contributed by atoms with Crippen LogP contribution in [0.15, 0.2) is 54.6 Å². The summed E-state index contributed by atoms with van der Waals surface area (Å²) >= 11 is 0. The standard InChI is InChI=1S/C15H12N2O3/c18-15(11-4-2-1-3-5-11)14-10-16(14)12-6-8-13(9-7-12)17(19)20/h1-9,14H,10H2. The van der Waals surface area contributed by atoms with Crippen LogP contribution in [-0.4, -0.2) is 23.3 Å². The van der Waals surface area contributed by atoms with E-state index in [9.17, 15) is 14.9 Å². The number of hydrogen-bond donors (Lipinski definition) is 0. The number of anilines is 1. The van der Waals surface area contributed by atoms with Crippen molar-refractivity contribution >= 4 is 17.2 Å². The largest absolute Gasteiger partial charge is 0.357 e. The van der Waals surface area contributed by atoms with E-state index in [-0.39, 0.29) is 17.5 Å². The van der Waals surface area contributed by atoms with Gasteiger partial charge in [-0.25, -0.2) is 0 Å². The second-order valence-electron chi connectivity index (χ2n) is 4.67. The molecule has 1 aliphatic heterocycles.